The van der Waals surface area contributed by atoms with Crippen LogP contribution in [0.2, 0.25) is 0 Å². The Labute approximate surface area is 486 Å². The summed E-state index contributed by atoms with van der Waals surface area (Å²) in [6.07, 6.45) is 95.3. The number of esters is 3. The molecule has 0 aliphatic carbocycles. The first kappa shape index (κ1) is 74.0. The van der Waals surface area contributed by atoms with E-state index in [0.717, 1.165) is 154 Å². The van der Waals surface area contributed by atoms with Crippen molar-refractivity contribution in [1.29, 1.82) is 0 Å². The summed E-state index contributed by atoms with van der Waals surface area (Å²) in [5.41, 5.74) is 0. The molecule has 6 heteroatoms. The number of carbonyl (C=O) groups excluding carboxylic acids is 3. The maximum Gasteiger partial charge on any atom is 0.306 e. The van der Waals surface area contributed by atoms with Crippen LogP contribution < -0.4 is 0 Å². The maximum atomic E-state index is 12.9. The van der Waals surface area contributed by atoms with Crippen LogP contribution >= 0.6 is 0 Å². The molecule has 0 radical (unpaired) electrons. The van der Waals surface area contributed by atoms with Crippen LogP contribution in [0.15, 0.2) is 158 Å². The Morgan fingerprint density at radius 1 is 0.266 bits per heavy atom. The van der Waals surface area contributed by atoms with E-state index in [1.165, 1.54) is 64.2 Å². The standard InChI is InChI=1S/C73H116O6/c1-4-7-10-13-16-19-22-25-27-29-31-33-34-35-36-37-38-40-41-43-45-48-51-54-57-60-63-66-72(75)78-69-70(68-77-71(74)65-62-59-56-53-50-47-24-21-18-15-12-9-6-3)79-73(76)67-64-61-58-55-52-49-46-44-42-39-32-30-28-26-23-20-17-14-11-8-5-2/h7-8,10-12,15-17,19-21,24-28,31-33,35-36,39,44,46,52,55,70H,4-6,9,13-14,18,22-23,29-30,34,37-38,40-43,45,47-51,53-54,56-69H2,1-3H3/b10-7-,11-8-,15-12-,19-16-,20-17-,24-21-,27-25-,28-26-,33-31-,36-35-,39-32-,46-44-,55-52-. The third-order valence-corrected chi connectivity index (χ3v) is 13.0. The number of hydrogen-bond acceptors (Lipinski definition) is 6. The molecular weight excluding hydrogens is 973 g/mol. The van der Waals surface area contributed by atoms with E-state index in [-0.39, 0.29) is 37.5 Å². The molecule has 1 atom stereocenters. The molecule has 0 aliphatic rings. The summed E-state index contributed by atoms with van der Waals surface area (Å²) >= 11 is 0. The quantitative estimate of drug-likeness (QED) is 0.0261. The van der Waals surface area contributed by atoms with Crippen molar-refractivity contribution in [1.82, 2.24) is 0 Å². The minimum atomic E-state index is -0.817. The van der Waals surface area contributed by atoms with Crippen LogP contribution in [0, 0.1) is 0 Å². The number of ether oxygens (including phenoxy) is 3. The van der Waals surface area contributed by atoms with E-state index >= 15 is 0 Å². The highest BCUT2D eigenvalue weighted by Crippen LogP contribution is 2.15. The molecule has 444 valence electrons. The molecule has 0 amide bonds. The highest BCUT2D eigenvalue weighted by molar-refractivity contribution is 5.71. The van der Waals surface area contributed by atoms with Crippen molar-refractivity contribution < 1.29 is 28.6 Å². The van der Waals surface area contributed by atoms with E-state index in [0.29, 0.717) is 19.3 Å². The molecule has 0 N–H and O–H groups in total. The van der Waals surface area contributed by atoms with Crippen LogP contribution in [0.4, 0.5) is 0 Å². The number of allylic oxidation sites excluding steroid dienone is 26. The minimum Gasteiger partial charge on any atom is -0.462 e. The summed E-state index contributed by atoms with van der Waals surface area (Å²) < 4.78 is 16.9. The molecule has 0 bridgehead atoms. The molecule has 0 aliphatic heterocycles. The summed E-state index contributed by atoms with van der Waals surface area (Å²) in [5.74, 6) is -0.972. The van der Waals surface area contributed by atoms with Crippen LogP contribution in [0.25, 0.3) is 0 Å². The van der Waals surface area contributed by atoms with Crippen LogP contribution in [0.1, 0.15) is 265 Å². The zero-order valence-electron chi connectivity index (χ0n) is 50.8. The average molecular weight is 1090 g/mol. The van der Waals surface area contributed by atoms with Gasteiger partial charge in [0.2, 0.25) is 0 Å². The van der Waals surface area contributed by atoms with Crippen LogP contribution in [0.5, 0.6) is 0 Å². The highest BCUT2D eigenvalue weighted by atomic mass is 16.6. The lowest BCUT2D eigenvalue weighted by Gasteiger charge is -2.18. The van der Waals surface area contributed by atoms with E-state index < -0.39 is 6.10 Å². The fourth-order valence-corrected chi connectivity index (χ4v) is 8.27. The number of unbranched alkanes of at least 4 members (excludes halogenated alkanes) is 19. The van der Waals surface area contributed by atoms with Gasteiger partial charge in [0.05, 0.1) is 0 Å². The predicted molar refractivity (Wildman–Crippen MR) is 343 cm³/mol. The first-order valence-electron chi connectivity index (χ1n) is 32.0. The molecular formula is C73H116O6. The molecule has 6 nitrogen and oxygen atoms in total. The van der Waals surface area contributed by atoms with E-state index in [9.17, 15) is 14.4 Å². The van der Waals surface area contributed by atoms with Crippen molar-refractivity contribution >= 4 is 17.9 Å². The van der Waals surface area contributed by atoms with Gasteiger partial charge in [-0.2, -0.15) is 0 Å². The first-order chi connectivity index (χ1) is 39.0. The third-order valence-electron chi connectivity index (χ3n) is 13.0. The molecule has 0 aromatic rings. The van der Waals surface area contributed by atoms with Gasteiger partial charge in [0.15, 0.2) is 6.10 Å². The average Bonchev–Trinajstić information content (AvgIpc) is 3.45. The van der Waals surface area contributed by atoms with Crippen molar-refractivity contribution in [3.8, 4) is 0 Å². The third kappa shape index (κ3) is 63.7. The molecule has 1 unspecified atom stereocenters. The second kappa shape index (κ2) is 65.5. The van der Waals surface area contributed by atoms with Gasteiger partial charge in [0.25, 0.3) is 0 Å². The topological polar surface area (TPSA) is 78.9 Å². The lowest BCUT2D eigenvalue weighted by Crippen LogP contribution is -2.30. The zero-order chi connectivity index (χ0) is 57.1. The Morgan fingerprint density at radius 3 is 0.797 bits per heavy atom. The fourth-order valence-electron chi connectivity index (χ4n) is 8.27. The van der Waals surface area contributed by atoms with Crippen LogP contribution in [-0.2, 0) is 28.6 Å². The summed E-state index contributed by atoms with van der Waals surface area (Å²) in [6.45, 7) is 6.30. The number of carbonyl (C=O) groups is 3. The van der Waals surface area contributed by atoms with Gasteiger partial charge in [-0.05, 0) is 141 Å². The SMILES string of the molecule is CC/C=C\C/C=C\C/C=C\C/C=C\C/C=C\C/C=C\CCCCC(=O)OC(COC(=O)CCCCCCC/C=C\C/C=C\CCC)COC(=O)CCCCCCCCCCCCC/C=C\C/C=C\C/C=C\C/C=C\C/C=C\CC. The highest BCUT2D eigenvalue weighted by Gasteiger charge is 2.19. The van der Waals surface area contributed by atoms with Crippen LogP contribution in [0.3, 0.4) is 0 Å². The first-order valence-corrected chi connectivity index (χ1v) is 32.0. The lowest BCUT2D eigenvalue weighted by atomic mass is 10.0. The van der Waals surface area contributed by atoms with Crippen molar-refractivity contribution in [3.05, 3.63) is 158 Å². The van der Waals surface area contributed by atoms with Gasteiger partial charge in [-0.15, -0.1) is 0 Å². The van der Waals surface area contributed by atoms with E-state index in [2.05, 4.69) is 179 Å². The van der Waals surface area contributed by atoms with Gasteiger partial charge in [-0.3, -0.25) is 14.4 Å². The fraction of sp³-hybridized carbons (Fsp3) is 0.603. The zero-order valence-corrected chi connectivity index (χ0v) is 50.8. The Bertz CT molecular complexity index is 1780. The molecule has 0 spiro atoms. The van der Waals surface area contributed by atoms with Gasteiger partial charge in [-0.1, -0.05) is 262 Å². The van der Waals surface area contributed by atoms with Crippen molar-refractivity contribution in [2.75, 3.05) is 13.2 Å². The van der Waals surface area contributed by atoms with Gasteiger partial charge < -0.3 is 14.2 Å². The van der Waals surface area contributed by atoms with Crippen molar-refractivity contribution in [3.63, 3.8) is 0 Å². The summed E-state index contributed by atoms with van der Waals surface area (Å²) in [7, 11) is 0. The molecule has 0 saturated carbocycles. The summed E-state index contributed by atoms with van der Waals surface area (Å²) in [5, 5.41) is 0. The van der Waals surface area contributed by atoms with Gasteiger partial charge in [0.1, 0.15) is 13.2 Å². The van der Waals surface area contributed by atoms with Crippen molar-refractivity contribution in [2.24, 2.45) is 0 Å². The summed E-state index contributed by atoms with van der Waals surface area (Å²) in [6, 6.07) is 0. The Morgan fingerprint density at radius 2 is 0.494 bits per heavy atom. The Kier molecular flexibility index (Phi) is 61.4. The minimum absolute atomic E-state index is 0.108. The largest absolute Gasteiger partial charge is 0.462 e. The molecule has 0 saturated heterocycles. The number of rotatable bonds is 56. The second-order valence-corrected chi connectivity index (χ2v) is 20.5. The van der Waals surface area contributed by atoms with Crippen LogP contribution in [-0.4, -0.2) is 37.2 Å². The normalized spacial score (nSPS) is 13.2. The monoisotopic (exact) mass is 1090 g/mol. The predicted octanol–water partition coefficient (Wildman–Crippen LogP) is 22.1. The molecule has 79 heavy (non-hydrogen) atoms. The van der Waals surface area contributed by atoms with Crippen molar-refractivity contribution in [2.45, 2.75) is 271 Å². The lowest BCUT2D eigenvalue weighted by molar-refractivity contribution is -0.167. The number of hydrogen-bond donors (Lipinski definition) is 0. The Hall–Kier alpha value is -4.97. The van der Waals surface area contributed by atoms with E-state index in [1.54, 1.807) is 0 Å². The molecule has 0 aromatic carbocycles. The second-order valence-electron chi connectivity index (χ2n) is 20.5. The molecule has 0 fully saturated rings. The molecule has 0 heterocycles. The van der Waals surface area contributed by atoms with Gasteiger partial charge in [-0.25, -0.2) is 0 Å². The Balaban J connectivity index is 4.42. The summed E-state index contributed by atoms with van der Waals surface area (Å²) in [4.78, 5) is 38.3. The maximum absolute atomic E-state index is 12.9. The van der Waals surface area contributed by atoms with Gasteiger partial charge >= 0.3 is 17.9 Å². The van der Waals surface area contributed by atoms with E-state index in [1.807, 2.05) is 0 Å². The molecule has 0 rings (SSSR count). The van der Waals surface area contributed by atoms with E-state index in [4.69, 9.17) is 14.2 Å². The molecule has 0 aromatic heterocycles. The van der Waals surface area contributed by atoms with Gasteiger partial charge in [0, 0.05) is 19.3 Å². The smallest absolute Gasteiger partial charge is 0.306 e.